The lowest BCUT2D eigenvalue weighted by molar-refractivity contribution is -0.149. The minimum Gasteiger partial charge on any atom is -0.479 e. The Bertz CT molecular complexity index is 1070. The van der Waals surface area contributed by atoms with E-state index >= 15 is 0 Å². The van der Waals surface area contributed by atoms with Gasteiger partial charge in [0, 0.05) is 24.6 Å². The van der Waals surface area contributed by atoms with Crippen LogP contribution < -0.4 is 10.6 Å². The summed E-state index contributed by atoms with van der Waals surface area (Å²) in [5.74, 6) is -1.29. The van der Waals surface area contributed by atoms with Crippen molar-refractivity contribution in [1.82, 2.24) is 10.6 Å². The first kappa shape index (κ1) is 23.5. The monoisotopic (exact) mass is 464 g/mol. The molecule has 2 unspecified atom stereocenters. The van der Waals surface area contributed by atoms with Crippen LogP contribution in [-0.4, -0.2) is 55.0 Å². The lowest BCUT2D eigenvalue weighted by atomic mass is 9.98. The van der Waals surface area contributed by atoms with E-state index in [1.54, 1.807) is 13.0 Å². The number of carboxylic acid groups (broad SMARTS) is 1. The van der Waals surface area contributed by atoms with Gasteiger partial charge in [0.15, 0.2) is 6.10 Å². The molecule has 0 radical (unpaired) electrons. The molecular weight excluding hydrogens is 436 g/mol. The van der Waals surface area contributed by atoms with Gasteiger partial charge in [0.05, 0.1) is 6.10 Å². The summed E-state index contributed by atoms with van der Waals surface area (Å²) in [6.07, 6.45) is 0.965. The molecule has 8 heteroatoms. The molecule has 1 aliphatic carbocycles. The smallest absolute Gasteiger partial charge is 0.407 e. The van der Waals surface area contributed by atoms with Crippen LogP contribution in [-0.2, 0) is 19.1 Å². The molecule has 1 heterocycles. The number of alkyl carbamates (subject to hydrolysis) is 1. The molecule has 1 fully saturated rings. The van der Waals surface area contributed by atoms with E-state index in [0.29, 0.717) is 18.4 Å². The fourth-order valence-electron chi connectivity index (χ4n) is 4.41. The maximum absolute atomic E-state index is 12.2. The van der Waals surface area contributed by atoms with Crippen molar-refractivity contribution in [3.63, 3.8) is 0 Å². The van der Waals surface area contributed by atoms with Crippen molar-refractivity contribution in [1.29, 1.82) is 0 Å². The summed E-state index contributed by atoms with van der Waals surface area (Å²) >= 11 is 0. The van der Waals surface area contributed by atoms with Gasteiger partial charge in [0.1, 0.15) is 6.61 Å². The highest BCUT2D eigenvalue weighted by molar-refractivity contribution is 5.92. The molecule has 0 spiro atoms. The summed E-state index contributed by atoms with van der Waals surface area (Å²) in [6, 6.07) is 16.3. The predicted octanol–water partition coefficient (Wildman–Crippen LogP) is 3.22. The lowest BCUT2D eigenvalue weighted by Gasteiger charge is -2.14. The number of amides is 2. The van der Waals surface area contributed by atoms with Crippen LogP contribution in [0.1, 0.15) is 36.8 Å². The molecule has 4 rings (SSSR count). The Morgan fingerprint density at radius 3 is 2.29 bits per heavy atom. The fourth-order valence-corrected chi connectivity index (χ4v) is 4.41. The maximum atomic E-state index is 12.2. The topological polar surface area (TPSA) is 114 Å². The highest BCUT2D eigenvalue weighted by Crippen LogP contribution is 2.44. The van der Waals surface area contributed by atoms with E-state index in [1.165, 1.54) is 0 Å². The third-order valence-corrected chi connectivity index (χ3v) is 6.23. The number of nitrogens with one attached hydrogen (secondary N) is 2. The van der Waals surface area contributed by atoms with Crippen LogP contribution in [0.3, 0.4) is 0 Å². The standard InChI is InChI=1S/C26H28N2O6/c1-16(24(29)28-14-17-10-11-23(34-17)25(30)31)12-13-27-26(32)33-15-22-20-8-4-2-6-18(20)19-7-3-5-9-21(19)22/h2-9,12,17,22-23H,10-11,13-15H2,1H3,(H,27,32)(H,28,29)(H,30,31)/b16-12+. The molecule has 8 nitrogen and oxygen atoms in total. The van der Waals surface area contributed by atoms with E-state index in [2.05, 4.69) is 34.9 Å². The van der Waals surface area contributed by atoms with E-state index in [0.717, 1.165) is 22.3 Å². The average Bonchev–Trinajstić information content (AvgIpc) is 3.44. The van der Waals surface area contributed by atoms with Gasteiger partial charge in [0.25, 0.3) is 0 Å². The molecule has 2 aromatic rings. The second-order valence-corrected chi connectivity index (χ2v) is 8.47. The molecule has 2 atom stereocenters. The molecule has 178 valence electrons. The van der Waals surface area contributed by atoms with Crippen LogP contribution in [0.25, 0.3) is 11.1 Å². The number of fused-ring (bicyclic) bond motifs is 3. The van der Waals surface area contributed by atoms with Crippen LogP contribution >= 0.6 is 0 Å². The van der Waals surface area contributed by atoms with Gasteiger partial charge in [-0.2, -0.15) is 0 Å². The van der Waals surface area contributed by atoms with E-state index in [9.17, 15) is 14.4 Å². The van der Waals surface area contributed by atoms with Crippen molar-refractivity contribution in [3.8, 4) is 11.1 Å². The van der Waals surface area contributed by atoms with Crippen molar-refractivity contribution < 1.29 is 29.0 Å². The number of carbonyl (C=O) groups is 3. The number of ether oxygens (including phenoxy) is 2. The normalized spacial score (nSPS) is 19.3. The molecule has 1 saturated heterocycles. The van der Waals surface area contributed by atoms with E-state index in [1.807, 2.05) is 24.3 Å². The molecule has 0 saturated carbocycles. The van der Waals surface area contributed by atoms with Crippen LogP contribution in [0.4, 0.5) is 4.79 Å². The zero-order valence-electron chi connectivity index (χ0n) is 19.0. The Morgan fingerprint density at radius 1 is 1.03 bits per heavy atom. The summed E-state index contributed by atoms with van der Waals surface area (Å²) in [4.78, 5) is 35.4. The number of hydrogen-bond donors (Lipinski definition) is 3. The predicted molar refractivity (Wildman–Crippen MR) is 125 cm³/mol. The van der Waals surface area contributed by atoms with Gasteiger partial charge in [-0.3, -0.25) is 4.79 Å². The summed E-state index contributed by atoms with van der Waals surface area (Å²) in [6.45, 7) is 2.26. The third kappa shape index (κ3) is 5.28. The van der Waals surface area contributed by atoms with Gasteiger partial charge in [-0.25, -0.2) is 9.59 Å². The Morgan fingerprint density at radius 2 is 1.68 bits per heavy atom. The fraction of sp³-hybridized carbons (Fsp3) is 0.346. The van der Waals surface area contributed by atoms with Gasteiger partial charge in [0.2, 0.25) is 5.91 Å². The van der Waals surface area contributed by atoms with Crippen LogP contribution in [0, 0.1) is 0 Å². The number of benzene rings is 2. The molecule has 0 bridgehead atoms. The number of hydrogen-bond acceptors (Lipinski definition) is 5. The second kappa shape index (κ2) is 10.5. The summed E-state index contributed by atoms with van der Waals surface area (Å²) in [5.41, 5.74) is 5.05. The Labute approximate surface area is 198 Å². The summed E-state index contributed by atoms with van der Waals surface area (Å²) in [5, 5.41) is 14.3. The van der Waals surface area contributed by atoms with Crippen LogP contribution in [0.15, 0.2) is 60.2 Å². The first-order valence-electron chi connectivity index (χ1n) is 11.4. The van der Waals surface area contributed by atoms with Crippen molar-refractivity contribution in [2.75, 3.05) is 19.7 Å². The van der Waals surface area contributed by atoms with Crippen molar-refractivity contribution in [2.24, 2.45) is 0 Å². The zero-order chi connectivity index (χ0) is 24.1. The second-order valence-electron chi connectivity index (χ2n) is 8.47. The van der Waals surface area contributed by atoms with E-state index in [-0.39, 0.29) is 37.6 Å². The number of carbonyl (C=O) groups excluding carboxylic acids is 2. The Balaban J connectivity index is 1.21. The number of aliphatic carboxylic acids is 1. The molecule has 0 aromatic heterocycles. The minimum atomic E-state index is -0.982. The van der Waals surface area contributed by atoms with Crippen LogP contribution in [0.5, 0.6) is 0 Å². The van der Waals surface area contributed by atoms with Gasteiger partial charge >= 0.3 is 12.1 Å². The molecule has 2 amide bonds. The largest absolute Gasteiger partial charge is 0.479 e. The van der Waals surface area contributed by atoms with Crippen LogP contribution in [0.2, 0.25) is 0 Å². The SMILES string of the molecule is C/C(=C\CNC(=O)OCC1c2ccccc2-c2ccccc21)C(=O)NCC1CCC(C(=O)O)O1. The zero-order valence-corrected chi connectivity index (χ0v) is 19.0. The maximum Gasteiger partial charge on any atom is 0.407 e. The van der Waals surface area contributed by atoms with Crippen molar-refractivity contribution >= 4 is 18.0 Å². The Hall–Kier alpha value is -3.65. The van der Waals surface area contributed by atoms with Crippen molar-refractivity contribution in [2.45, 2.75) is 37.9 Å². The lowest BCUT2D eigenvalue weighted by Crippen LogP contribution is -2.34. The van der Waals surface area contributed by atoms with Gasteiger partial charge < -0.3 is 25.2 Å². The first-order chi connectivity index (χ1) is 16.4. The number of rotatable bonds is 8. The average molecular weight is 465 g/mol. The van der Waals surface area contributed by atoms with Gasteiger partial charge in [-0.05, 0) is 42.0 Å². The third-order valence-electron chi connectivity index (χ3n) is 6.23. The molecule has 34 heavy (non-hydrogen) atoms. The quantitative estimate of drug-likeness (QED) is 0.517. The number of carboxylic acids is 1. The molecule has 1 aliphatic heterocycles. The Kier molecular flexibility index (Phi) is 7.27. The van der Waals surface area contributed by atoms with Crippen molar-refractivity contribution in [3.05, 3.63) is 71.3 Å². The summed E-state index contributed by atoms with van der Waals surface area (Å²) in [7, 11) is 0. The summed E-state index contributed by atoms with van der Waals surface area (Å²) < 4.78 is 10.9. The van der Waals surface area contributed by atoms with E-state index < -0.39 is 18.2 Å². The molecule has 2 aromatic carbocycles. The highest BCUT2D eigenvalue weighted by Gasteiger charge is 2.31. The van der Waals surface area contributed by atoms with Gasteiger partial charge in [-0.1, -0.05) is 54.6 Å². The van der Waals surface area contributed by atoms with Gasteiger partial charge in [-0.15, -0.1) is 0 Å². The highest BCUT2D eigenvalue weighted by atomic mass is 16.5. The molecule has 3 N–H and O–H groups in total. The molecule has 2 aliphatic rings. The van der Waals surface area contributed by atoms with E-state index in [4.69, 9.17) is 14.6 Å². The molecular formula is C26H28N2O6. The first-order valence-corrected chi connectivity index (χ1v) is 11.4. The minimum absolute atomic E-state index is 0.0141.